The van der Waals surface area contributed by atoms with Crippen molar-refractivity contribution in [3.63, 3.8) is 0 Å². The molecule has 14 heteroatoms. The Labute approximate surface area is 359 Å². The molecular formula is C46H78N8O6+2. The molecule has 0 aromatic heterocycles. The minimum atomic E-state index is -1.07. The predicted molar refractivity (Wildman–Crippen MR) is 234 cm³/mol. The van der Waals surface area contributed by atoms with E-state index in [1.807, 2.05) is 78.1 Å². The minimum absolute atomic E-state index is 0.0423. The molecular weight excluding hydrogens is 761 g/mol. The number of unbranched alkanes of at least 4 members (excludes halogenated alkanes) is 1. The average molecular weight is 839 g/mol. The molecule has 1 aromatic rings. The molecule has 0 spiro atoms. The number of imide groups is 1. The lowest BCUT2D eigenvalue weighted by Gasteiger charge is -2.37. The second-order valence-corrected chi connectivity index (χ2v) is 17.8. The smallest absolute Gasteiger partial charge is 0.391 e. The maximum Gasteiger partial charge on any atom is 0.427 e. The first-order chi connectivity index (χ1) is 28.6. The molecule has 8 N–H and O–H groups in total. The summed E-state index contributed by atoms with van der Waals surface area (Å²) in [7, 11) is 0. The summed E-state index contributed by atoms with van der Waals surface area (Å²) >= 11 is 0. The largest absolute Gasteiger partial charge is 0.427 e. The topological polar surface area (TPSA) is 193 Å². The third-order valence-corrected chi connectivity index (χ3v) is 12.8. The third kappa shape index (κ3) is 13.4. The van der Waals surface area contributed by atoms with Crippen LogP contribution in [-0.2, 0) is 24.0 Å². The number of quaternary nitrogens is 2. The van der Waals surface area contributed by atoms with Gasteiger partial charge in [0.2, 0.25) is 11.8 Å². The van der Waals surface area contributed by atoms with Crippen LogP contribution in [0.25, 0.3) is 0 Å². The van der Waals surface area contributed by atoms with Gasteiger partial charge in [0.05, 0.1) is 12.6 Å². The van der Waals surface area contributed by atoms with E-state index in [0.29, 0.717) is 38.9 Å². The lowest BCUT2D eigenvalue weighted by atomic mass is 9.90. The zero-order valence-corrected chi connectivity index (χ0v) is 38.1. The van der Waals surface area contributed by atoms with Crippen molar-refractivity contribution in [2.24, 2.45) is 23.7 Å². The van der Waals surface area contributed by atoms with Gasteiger partial charge >= 0.3 is 6.03 Å². The summed E-state index contributed by atoms with van der Waals surface area (Å²) < 4.78 is -0.257. The number of nitrogens with zero attached hydrogens (tertiary/aromatic N) is 2. The van der Waals surface area contributed by atoms with Gasteiger partial charge in [0, 0.05) is 32.4 Å². The summed E-state index contributed by atoms with van der Waals surface area (Å²) in [6.45, 7) is 19.3. The van der Waals surface area contributed by atoms with E-state index in [-0.39, 0.29) is 47.2 Å². The molecule has 0 radical (unpaired) electrons. The van der Waals surface area contributed by atoms with Gasteiger partial charge in [0.25, 0.3) is 17.6 Å². The van der Waals surface area contributed by atoms with E-state index in [9.17, 15) is 24.0 Å². The van der Waals surface area contributed by atoms with Crippen molar-refractivity contribution in [3.8, 4) is 0 Å². The monoisotopic (exact) mass is 839 g/mol. The molecule has 7 atom stereocenters. The molecule has 336 valence electrons. The fourth-order valence-corrected chi connectivity index (χ4v) is 8.53. The summed E-state index contributed by atoms with van der Waals surface area (Å²) in [4.78, 5) is 86.7. The van der Waals surface area contributed by atoms with Crippen molar-refractivity contribution in [1.29, 1.82) is 0 Å². The summed E-state index contributed by atoms with van der Waals surface area (Å²) in [5.41, 5.74) is 4.96. The Hall–Kier alpha value is -4.14. The van der Waals surface area contributed by atoms with Crippen molar-refractivity contribution in [1.82, 2.24) is 31.6 Å². The van der Waals surface area contributed by atoms with E-state index in [4.69, 9.17) is 0 Å². The third-order valence-electron chi connectivity index (χ3n) is 12.8. The summed E-state index contributed by atoms with van der Waals surface area (Å²) in [5.74, 6) is 0.504. The molecule has 2 fully saturated rings. The maximum absolute atomic E-state index is 15.2. The van der Waals surface area contributed by atoms with Gasteiger partial charge < -0.3 is 21.3 Å². The molecule has 2 aliphatic heterocycles. The highest BCUT2D eigenvalue weighted by atomic mass is 16.2. The van der Waals surface area contributed by atoms with E-state index < -0.39 is 59.6 Å². The predicted octanol–water partition coefficient (Wildman–Crippen LogP) is 4.68. The second kappa shape index (κ2) is 24.3. The number of urea groups is 1. The van der Waals surface area contributed by atoms with E-state index in [2.05, 4.69) is 53.3 Å². The van der Waals surface area contributed by atoms with Gasteiger partial charge in [0.1, 0.15) is 24.7 Å². The van der Waals surface area contributed by atoms with Crippen molar-refractivity contribution in [2.75, 3.05) is 26.2 Å². The van der Waals surface area contributed by atoms with Crippen LogP contribution in [0.15, 0.2) is 42.1 Å². The van der Waals surface area contributed by atoms with E-state index in [1.54, 1.807) is 0 Å². The van der Waals surface area contributed by atoms with Crippen LogP contribution in [0.1, 0.15) is 138 Å². The Kier molecular flexibility index (Phi) is 20.4. The number of carbonyl (C=O) groups excluding carboxylic acids is 6. The summed E-state index contributed by atoms with van der Waals surface area (Å²) in [6.07, 6.45) is 8.67. The standard InChI is InChI=1S/C46H76N8O6/c1-10-33(11-2)25-38(42(56)44(58)50-32(9)36-19-15-14-16-20-36)54-29-37(54)23-22-34(12-3)28-53(46(54)60)45(59)41(31(7)8)52-43(57)40(30(5)6)51-39(55)21-17-18-24-48-26-35(13-4)27-49-47/h14-16,19-20,26,30-34,37-38,40-41,48H,10-13,17-18,21-25,27-29H2,1-9H3,(H5-,47,49,50,51,52,55,56,57,58)/p+2. The van der Waals surface area contributed by atoms with E-state index in [0.717, 1.165) is 44.1 Å². The fourth-order valence-electron chi connectivity index (χ4n) is 8.53. The SMILES string of the molecule is CCC(=CNCCCCC(=O)NC(C(=O)NC(C(=O)N1CC(CC)CCC2C[N+]2(C(CC(CC)CC)C(=O)C(=O)NC(C)c2ccccc2)C1=O)C(C)C)C(C)C)CN[NH3+]. The number of fused-ring (bicyclic) bond motifs is 1. The van der Waals surface area contributed by atoms with E-state index >= 15 is 4.79 Å². The van der Waals surface area contributed by atoms with Gasteiger partial charge in [-0.3, -0.25) is 29.8 Å². The van der Waals surface area contributed by atoms with E-state index in [1.165, 1.54) is 10.5 Å². The highest BCUT2D eigenvalue weighted by molar-refractivity contribution is 6.38. The van der Waals surface area contributed by atoms with Crippen LogP contribution in [0.5, 0.6) is 0 Å². The van der Waals surface area contributed by atoms with Crippen molar-refractivity contribution in [2.45, 2.75) is 157 Å². The molecule has 7 unspecified atom stereocenters. The Morgan fingerprint density at radius 1 is 0.883 bits per heavy atom. The first-order valence-corrected chi connectivity index (χ1v) is 22.7. The van der Waals surface area contributed by atoms with Gasteiger partial charge in [-0.05, 0) is 73.6 Å². The van der Waals surface area contributed by atoms with Crippen LogP contribution in [0.2, 0.25) is 0 Å². The number of rotatable bonds is 25. The van der Waals surface area contributed by atoms with Gasteiger partial charge in [0.15, 0.2) is 6.04 Å². The van der Waals surface area contributed by atoms with Gasteiger partial charge in [-0.25, -0.2) is 14.2 Å². The maximum atomic E-state index is 15.2. The number of amides is 6. The Morgan fingerprint density at radius 3 is 2.13 bits per heavy atom. The first kappa shape index (κ1) is 50.2. The number of hydrogen-bond donors (Lipinski definition) is 6. The highest BCUT2D eigenvalue weighted by Gasteiger charge is 2.70. The Morgan fingerprint density at radius 2 is 1.55 bits per heavy atom. The number of ketones is 1. The fraction of sp³-hybridized carbons (Fsp3) is 0.696. The normalized spacial score (nSPS) is 21.3. The minimum Gasteiger partial charge on any atom is -0.391 e. The second-order valence-electron chi connectivity index (χ2n) is 17.8. The van der Waals surface area contributed by atoms with Gasteiger partial charge in [-0.2, -0.15) is 5.43 Å². The van der Waals surface area contributed by atoms with Crippen LogP contribution in [-0.4, -0.2) is 95.2 Å². The lowest BCUT2D eigenvalue weighted by Crippen LogP contribution is -2.65. The van der Waals surface area contributed by atoms with Crippen LogP contribution in [0, 0.1) is 23.7 Å². The average Bonchev–Trinajstić information content (AvgIpc) is 3.96. The molecule has 6 amide bonds. The molecule has 0 saturated carbocycles. The molecule has 1 aromatic carbocycles. The van der Waals surface area contributed by atoms with Crippen molar-refractivity contribution in [3.05, 3.63) is 47.7 Å². The number of carbonyl (C=O) groups is 6. The molecule has 60 heavy (non-hydrogen) atoms. The summed E-state index contributed by atoms with van der Waals surface area (Å²) in [5, 5.41) is 12.0. The quantitative estimate of drug-likeness (QED) is 0.0269. The molecule has 2 aliphatic rings. The highest BCUT2D eigenvalue weighted by Crippen LogP contribution is 2.45. The van der Waals surface area contributed by atoms with Crippen LogP contribution in [0.3, 0.4) is 0 Å². The number of Topliss-reactive ketones (excluding diaryl/α,β-unsaturated/α-hetero) is 1. The van der Waals surface area contributed by atoms with Crippen molar-refractivity contribution >= 4 is 35.4 Å². The molecule has 2 heterocycles. The molecule has 3 rings (SSSR count). The molecule has 0 aliphatic carbocycles. The zero-order valence-electron chi connectivity index (χ0n) is 38.1. The number of nitrogens with one attached hydrogen (secondary N) is 5. The lowest BCUT2D eigenvalue weighted by molar-refractivity contribution is -0.752. The van der Waals surface area contributed by atoms with Crippen molar-refractivity contribution < 1.29 is 39.1 Å². The van der Waals surface area contributed by atoms with Crippen LogP contribution < -0.4 is 32.5 Å². The Balaban J connectivity index is 1.85. The number of hydrogen-bond acceptors (Lipinski definition) is 8. The summed E-state index contributed by atoms with van der Waals surface area (Å²) in [6, 6.07) is 5.42. The van der Waals surface area contributed by atoms with Gasteiger partial charge in [-0.1, -0.05) is 105 Å². The molecule has 0 bridgehead atoms. The Bertz CT molecular complexity index is 1610. The zero-order chi connectivity index (χ0) is 44.6. The van der Waals surface area contributed by atoms with Gasteiger partial charge in [-0.15, -0.1) is 0 Å². The van der Waals surface area contributed by atoms with Crippen LogP contribution in [0.4, 0.5) is 4.79 Å². The molecule has 2 saturated heterocycles. The molecule has 14 nitrogen and oxygen atoms in total. The first-order valence-electron chi connectivity index (χ1n) is 22.7. The number of benzene rings is 1. The van der Waals surface area contributed by atoms with Crippen LogP contribution >= 0.6 is 0 Å².